The zero-order valence-electron chi connectivity index (χ0n) is 14.9. The number of rotatable bonds is 5. The largest absolute Gasteiger partial charge is 0.462 e. The number of nitrogens with zero attached hydrogens (tertiary/aromatic N) is 3. The number of hydrogen-bond acceptors (Lipinski definition) is 6. The van der Waals surface area contributed by atoms with Gasteiger partial charge in [0.25, 0.3) is 0 Å². The van der Waals surface area contributed by atoms with Gasteiger partial charge in [-0.15, -0.1) is 0 Å². The van der Waals surface area contributed by atoms with Crippen LogP contribution in [0.5, 0.6) is 0 Å². The molecule has 0 spiro atoms. The van der Waals surface area contributed by atoms with E-state index in [1.807, 2.05) is 40.7 Å². The van der Waals surface area contributed by atoms with Crippen LogP contribution in [0.15, 0.2) is 11.2 Å². The van der Waals surface area contributed by atoms with Gasteiger partial charge in [0.05, 0.1) is 23.6 Å². The van der Waals surface area contributed by atoms with Gasteiger partial charge in [-0.3, -0.25) is 0 Å². The van der Waals surface area contributed by atoms with Crippen molar-refractivity contribution in [1.82, 2.24) is 15.0 Å². The quantitative estimate of drug-likeness (QED) is 0.500. The number of nitrogens with one attached hydrogen (secondary N) is 2. The van der Waals surface area contributed by atoms with Crippen molar-refractivity contribution in [3.63, 3.8) is 0 Å². The minimum Gasteiger partial charge on any atom is -0.462 e. The van der Waals surface area contributed by atoms with Crippen LogP contribution < -0.4 is 5.43 Å². The molecule has 0 aliphatic carbocycles. The van der Waals surface area contributed by atoms with Gasteiger partial charge in [0.1, 0.15) is 0 Å². The van der Waals surface area contributed by atoms with Crippen LogP contribution in [-0.2, 0) is 4.74 Å². The molecule has 7 nitrogen and oxygen atoms in total. The van der Waals surface area contributed by atoms with E-state index >= 15 is 0 Å². The van der Waals surface area contributed by atoms with Crippen LogP contribution >= 0.6 is 0 Å². The second kappa shape index (κ2) is 7.25. The Morgan fingerprint density at radius 1 is 1.25 bits per heavy atom. The van der Waals surface area contributed by atoms with Crippen LogP contribution in [0, 0.1) is 27.7 Å². The summed E-state index contributed by atoms with van der Waals surface area (Å²) in [5.74, 6) is 0.117. The molecule has 0 aliphatic heterocycles. The summed E-state index contributed by atoms with van der Waals surface area (Å²) in [6, 6.07) is 1.89. The van der Waals surface area contributed by atoms with Crippen LogP contribution in [-0.4, -0.2) is 33.2 Å². The summed E-state index contributed by atoms with van der Waals surface area (Å²) in [6.07, 6.45) is 0. The number of aryl methyl sites for hydroxylation is 3. The molecule has 2 aromatic heterocycles. The van der Waals surface area contributed by atoms with Gasteiger partial charge in [-0.2, -0.15) is 5.10 Å². The first-order valence-electron chi connectivity index (χ1n) is 7.82. The maximum atomic E-state index is 12.1. The van der Waals surface area contributed by atoms with Gasteiger partial charge in [0.15, 0.2) is 0 Å². The molecule has 128 valence electrons. The Labute approximate surface area is 141 Å². The lowest BCUT2D eigenvalue weighted by atomic mass is 10.1. The molecule has 0 bridgehead atoms. The van der Waals surface area contributed by atoms with Gasteiger partial charge >= 0.3 is 5.97 Å². The van der Waals surface area contributed by atoms with Crippen LogP contribution in [0.4, 0.5) is 5.95 Å². The summed E-state index contributed by atoms with van der Waals surface area (Å²) >= 11 is 0. The number of aromatic amines is 1. The monoisotopic (exact) mass is 329 g/mol. The molecular weight excluding hydrogens is 306 g/mol. The summed E-state index contributed by atoms with van der Waals surface area (Å²) in [5.41, 5.74) is 8.23. The molecule has 0 radical (unpaired) electrons. The summed E-state index contributed by atoms with van der Waals surface area (Å²) in [7, 11) is 0. The minimum absolute atomic E-state index is 0.326. The number of hydrogen-bond donors (Lipinski definition) is 2. The van der Waals surface area contributed by atoms with Crippen molar-refractivity contribution in [2.45, 2.75) is 41.5 Å². The van der Waals surface area contributed by atoms with Gasteiger partial charge in [-0.1, -0.05) is 0 Å². The van der Waals surface area contributed by atoms with Crippen molar-refractivity contribution in [3.8, 4) is 0 Å². The van der Waals surface area contributed by atoms with Crippen molar-refractivity contribution in [3.05, 3.63) is 40.0 Å². The second-order valence-electron chi connectivity index (χ2n) is 5.63. The first-order chi connectivity index (χ1) is 11.3. The molecule has 0 unspecified atom stereocenters. The molecule has 0 aromatic carbocycles. The van der Waals surface area contributed by atoms with E-state index in [1.165, 1.54) is 0 Å². The average Bonchev–Trinajstić information content (AvgIpc) is 2.79. The zero-order valence-corrected chi connectivity index (χ0v) is 14.9. The first-order valence-corrected chi connectivity index (χ1v) is 7.82. The Bertz CT molecular complexity index is 772. The topological polar surface area (TPSA) is 92.3 Å². The fourth-order valence-electron chi connectivity index (χ4n) is 2.59. The van der Waals surface area contributed by atoms with E-state index < -0.39 is 0 Å². The predicted octanol–water partition coefficient (Wildman–Crippen LogP) is 3.05. The number of esters is 1. The maximum absolute atomic E-state index is 12.1. The highest BCUT2D eigenvalue weighted by atomic mass is 16.5. The van der Waals surface area contributed by atoms with Crippen LogP contribution in [0.1, 0.15) is 52.5 Å². The van der Waals surface area contributed by atoms with Crippen LogP contribution in [0.3, 0.4) is 0 Å². The molecule has 0 amide bonds. The van der Waals surface area contributed by atoms with Crippen LogP contribution in [0.25, 0.3) is 0 Å². The second-order valence-corrected chi connectivity index (χ2v) is 5.63. The number of carbonyl (C=O) groups is 1. The third-order valence-corrected chi connectivity index (χ3v) is 3.58. The molecule has 0 atom stereocenters. The molecule has 2 aromatic rings. The standard InChI is InChI=1S/C17H23N5O2/c1-7-24-16(23)14-11(4)15(20-12(14)5)13(6)21-22-17-18-9(2)8-10(3)19-17/h8,20H,7H2,1-6H3,(H,18,19,22)/b21-13+. The van der Waals surface area contributed by atoms with Crippen molar-refractivity contribution >= 4 is 17.6 Å². The minimum atomic E-state index is -0.326. The van der Waals surface area contributed by atoms with E-state index in [1.54, 1.807) is 6.92 Å². The lowest BCUT2D eigenvalue weighted by Crippen LogP contribution is -2.08. The molecule has 0 fully saturated rings. The predicted molar refractivity (Wildman–Crippen MR) is 93.6 cm³/mol. The van der Waals surface area contributed by atoms with E-state index in [9.17, 15) is 4.79 Å². The Morgan fingerprint density at radius 3 is 2.46 bits per heavy atom. The summed E-state index contributed by atoms with van der Waals surface area (Å²) in [5, 5.41) is 4.33. The number of ether oxygens (including phenoxy) is 1. The summed E-state index contributed by atoms with van der Waals surface area (Å²) in [6.45, 7) is 11.5. The highest BCUT2D eigenvalue weighted by Crippen LogP contribution is 2.20. The van der Waals surface area contributed by atoms with Gasteiger partial charge in [-0.05, 0) is 53.2 Å². The number of aromatic nitrogens is 3. The van der Waals surface area contributed by atoms with E-state index in [2.05, 4.69) is 25.5 Å². The molecule has 0 aliphatic rings. The highest BCUT2D eigenvalue weighted by Gasteiger charge is 2.20. The number of H-pyrrole nitrogens is 1. The van der Waals surface area contributed by atoms with E-state index in [0.717, 1.165) is 28.3 Å². The SMILES string of the molecule is CCOC(=O)c1c(C)[nH]c(/C(C)=N/Nc2nc(C)cc(C)n2)c1C. The smallest absolute Gasteiger partial charge is 0.340 e. The Kier molecular flexibility index (Phi) is 5.33. The molecule has 2 rings (SSSR count). The number of anilines is 1. The molecule has 0 saturated heterocycles. The van der Waals surface area contributed by atoms with Gasteiger partial charge in [-0.25, -0.2) is 20.2 Å². The molecular formula is C17H23N5O2. The first kappa shape index (κ1) is 17.7. The average molecular weight is 329 g/mol. The van der Waals surface area contributed by atoms with Crippen LogP contribution in [0.2, 0.25) is 0 Å². The molecule has 24 heavy (non-hydrogen) atoms. The van der Waals surface area contributed by atoms with Gasteiger partial charge in [0, 0.05) is 17.1 Å². The van der Waals surface area contributed by atoms with E-state index in [0.29, 0.717) is 23.8 Å². The van der Waals surface area contributed by atoms with Gasteiger partial charge in [0.2, 0.25) is 5.95 Å². The molecule has 0 saturated carbocycles. The third kappa shape index (κ3) is 3.79. The van der Waals surface area contributed by atoms with E-state index in [-0.39, 0.29) is 5.97 Å². The highest BCUT2D eigenvalue weighted by molar-refractivity contribution is 6.03. The Balaban J connectivity index is 2.27. The summed E-state index contributed by atoms with van der Waals surface area (Å²) < 4.78 is 5.10. The Morgan fingerprint density at radius 2 is 1.88 bits per heavy atom. The van der Waals surface area contributed by atoms with Crippen molar-refractivity contribution in [1.29, 1.82) is 0 Å². The van der Waals surface area contributed by atoms with Gasteiger partial charge < -0.3 is 9.72 Å². The number of carbonyl (C=O) groups excluding carboxylic acids is 1. The Hall–Kier alpha value is -2.70. The molecule has 7 heteroatoms. The number of hydrazone groups is 1. The molecule has 2 heterocycles. The zero-order chi connectivity index (χ0) is 17.9. The van der Waals surface area contributed by atoms with Crippen molar-refractivity contribution < 1.29 is 9.53 Å². The fraction of sp³-hybridized carbons (Fsp3) is 0.412. The molecule has 2 N–H and O–H groups in total. The normalized spacial score (nSPS) is 11.5. The van der Waals surface area contributed by atoms with E-state index in [4.69, 9.17) is 4.74 Å². The summed E-state index contributed by atoms with van der Waals surface area (Å²) in [4.78, 5) is 23.8. The lowest BCUT2D eigenvalue weighted by molar-refractivity contribution is 0.0525. The fourth-order valence-corrected chi connectivity index (χ4v) is 2.59. The van der Waals surface area contributed by atoms with Crippen molar-refractivity contribution in [2.24, 2.45) is 5.10 Å². The maximum Gasteiger partial charge on any atom is 0.340 e. The lowest BCUT2D eigenvalue weighted by Gasteiger charge is -2.05. The van der Waals surface area contributed by atoms with Crippen molar-refractivity contribution in [2.75, 3.05) is 12.0 Å². The third-order valence-electron chi connectivity index (χ3n) is 3.58.